The lowest BCUT2D eigenvalue weighted by molar-refractivity contribution is -0.0559. The molecule has 0 aliphatic carbocycles. The van der Waals surface area contributed by atoms with E-state index < -0.39 is 11.5 Å². The summed E-state index contributed by atoms with van der Waals surface area (Å²) in [5.41, 5.74) is 0.366. The Morgan fingerprint density at radius 3 is 2.50 bits per heavy atom. The van der Waals surface area contributed by atoms with E-state index in [9.17, 15) is 8.78 Å². The summed E-state index contributed by atoms with van der Waals surface area (Å²) in [6.45, 7) is 1.32. The molecule has 1 fully saturated rings. The molecule has 1 aromatic carbocycles. The molecule has 2 aliphatic rings. The highest BCUT2D eigenvalue weighted by Crippen LogP contribution is 2.53. The van der Waals surface area contributed by atoms with Crippen molar-refractivity contribution in [2.24, 2.45) is 0 Å². The summed E-state index contributed by atoms with van der Waals surface area (Å²) in [6.07, 6.45) is 0.980. The number of para-hydroxylation sites is 1. The van der Waals surface area contributed by atoms with Crippen LogP contribution in [0.2, 0.25) is 0 Å². The standard InChI is InChI=1S/C12H14F2N2/c13-12(14)11(5-7-15-8-6-11)9-3-1-2-4-10(9)16-12/h1-4,15-16H,5-8H2. The van der Waals surface area contributed by atoms with E-state index in [1.54, 1.807) is 12.1 Å². The maximum Gasteiger partial charge on any atom is 0.333 e. The molecular weight excluding hydrogens is 210 g/mol. The van der Waals surface area contributed by atoms with Gasteiger partial charge in [-0.15, -0.1) is 0 Å². The predicted molar refractivity (Wildman–Crippen MR) is 58.8 cm³/mol. The summed E-state index contributed by atoms with van der Waals surface area (Å²) in [7, 11) is 0. The van der Waals surface area contributed by atoms with Gasteiger partial charge in [0.05, 0.1) is 5.41 Å². The summed E-state index contributed by atoms with van der Waals surface area (Å²) in [5.74, 6) is 0. The Labute approximate surface area is 93.0 Å². The average Bonchev–Trinajstić information content (AvgIpc) is 2.49. The van der Waals surface area contributed by atoms with Gasteiger partial charge in [-0.25, -0.2) is 0 Å². The molecular formula is C12H14F2N2. The van der Waals surface area contributed by atoms with Crippen molar-refractivity contribution in [2.45, 2.75) is 24.3 Å². The number of nitrogens with one attached hydrogen (secondary N) is 2. The molecule has 0 radical (unpaired) electrons. The fourth-order valence-electron chi connectivity index (χ4n) is 2.90. The Balaban J connectivity index is 2.14. The second-order valence-electron chi connectivity index (χ2n) is 4.58. The van der Waals surface area contributed by atoms with Gasteiger partial charge in [0.15, 0.2) is 0 Å². The van der Waals surface area contributed by atoms with Gasteiger partial charge in [-0.2, -0.15) is 8.78 Å². The van der Waals surface area contributed by atoms with Gasteiger partial charge in [0.25, 0.3) is 0 Å². The maximum atomic E-state index is 14.1. The number of fused-ring (bicyclic) bond motifs is 2. The molecule has 3 rings (SSSR count). The van der Waals surface area contributed by atoms with Crippen molar-refractivity contribution in [3.05, 3.63) is 29.8 Å². The molecule has 16 heavy (non-hydrogen) atoms. The Bertz CT molecular complexity index is 411. The Hall–Kier alpha value is -1.16. The molecule has 4 heteroatoms. The third kappa shape index (κ3) is 1.13. The quantitative estimate of drug-likeness (QED) is 0.661. The number of anilines is 1. The first-order valence-corrected chi connectivity index (χ1v) is 5.62. The van der Waals surface area contributed by atoms with Gasteiger partial charge < -0.3 is 10.6 Å². The molecule has 0 amide bonds. The number of alkyl halides is 2. The van der Waals surface area contributed by atoms with Crippen molar-refractivity contribution in [2.75, 3.05) is 18.4 Å². The van der Waals surface area contributed by atoms with E-state index in [4.69, 9.17) is 0 Å². The Morgan fingerprint density at radius 2 is 1.75 bits per heavy atom. The highest BCUT2D eigenvalue weighted by atomic mass is 19.3. The molecule has 0 bridgehead atoms. The summed E-state index contributed by atoms with van der Waals surface area (Å²) in [4.78, 5) is 0. The van der Waals surface area contributed by atoms with Gasteiger partial charge in [0.1, 0.15) is 0 Å². The van der Waals surface area contributed by atoms with Crippen molar-refractivity contribution in [3.63, 3.8) is 0 Å². The first-order chi connectivity index (χ1) is 7.66. The summed E-state index contributed by atoms with van der Waals surface area (Å²) >= 11 is 0. The van der Waals surface area contributed by atoms with E-state index in [0.717, 1.165) is 5.56 Å². The predicted octanol–water partition coefficient (Wildman–Crippen LogP) is 2.33. The molecule has 0 unspecified atom stereocenters. The molecule has 86 valence electrons. The number of piperidine rings is 1. The highest BCUT2D eigenvalue weighted by molar-refractivity contribution is 5.62. The Kier molecular flexibility index (Phi) is 1.98. The number of rotatable bonds is 0. The monoisotopic (exact) mass is 224 g/mol. The second-order valence-corrected chi connectivity index (χ2v) is 4.58. The molecule has 2 N–H and O–H groups in total. The lowest BCUT2D eigenvalue weighted by atomic mass is 9.73. The molecule has 2 nitrogen and oxygen atoms in total. The van der Waals surface area contributed by atoms with E-state index in [2.05, 4.69) is 10.6 Å². The van der Waals surface area contributed by atoms with Crippen LogP contribution in [-0.4, -0.2) is 19.1 Å². The van der Waals surface area contributed by atoms with Crippen molar-refractivity contribution in [1.29, 1.82) is 0 Å². The topological polar surface area (TPSA) is 24.1 Å². The number of benzene rings is 1. The van der Waals surface area contributed by atoms with Crippen LogP contribution in [0, 0.1) is 0 Å². The molecule has 0 saturated carbocycles. The minimum Gasteiger partial charge on any atom is -0.326 e. The lowest BCUT2D eigenvalue weighted by Crippen LogP contribution is -2.51. The molecule has 2 aliphatic heterocycles. The van der Waals surface area contributed by atoms with E-state index in [1.807, 2.05) is 12.1 Å². The van der Waals surface area contributed by atoms with Crippen LogP contribution in [0.4, 0.5) is 14.5 Å². The van der Waals surface area contributed by atoms with Crippen molar-refractivity contribution < 1.29 is 8.78 Å². The average molecular weight is 224 g/mol. The van der Waals surface area contributed by atoms with Crippen LogP contribution in [0.1, 0.15) is 18.4 Å². The Morgan fingerprint density at radius 1 is 1.06 bits per heavy atom. The van der Waals surface area contributed by atoms with Crippen molar-refractivity contribution >= 4 is 5.69 Å². The fraction of sp³-hybridized carbons (Fsp3) is 0.500. The van der Waals surface area contributed by atoms with Crippen LogP contribution in [0.15, 0.2) is 24.3 Å². The lowest BCUT2D eigenvalue weighted by Gasteiger charge is -2.38. The van der Waals surface area contributed by atoms with Gasteiger partial charge in [-0.3, -0.25) is 0 Å². The third-order valence-corrected chi connectivity index (χ3v) is 3.79. The van der Waals surface area contributed by atoms with E-state index in [0.29, 0.717) is 31.6 Å². The zero-order chi connectivity index (χ0) is 11.2. The highest BCUT2D eigenvalue weighted by Gasteiger charge is 2.60. The van der Waals surface area contributed by atoms with Crippen LogP contribution in [0.3, 0.4) is 0 Å². The molecule has 0 atom stereocenters. The molecule has 0 aromatic heterocycles. The van der Waals surface area contributed by atoms with Gasteiger partial charge >= 0.3 is 6.05 Å². The van der Waals surface area contributed by atoms with Crippen LogP contribution in [-0.2, 0) is 5.41 Å². The minimum absolute atomic E-state index is 0.490. The SMILES string of the molecule is FC1(F)Nc2ccccc2C12CCNCC2. The smallest absolute Gasteiger partial charge is 0.326 e. The van der Waals surface area contributed by atoms with Crippen LogP contribution in [0.5, 0.6) is 0 Å². The van der Waals surface area contributed by atoms with Crippen molar-refractivity contribution in [1.82, 2.24) is 5.32 Å². The summed E-state index contributed by atoms with van der Waals surface area (Å²) in [5, 5.41) is 5.52. The number of halogens is 2. The van der Waals surface area contributed by atoms with Gasteiger partial charge in [-0.1, -0.05) is 18.2 Å². The number of hydrogen-bond acceptors (Lipinski definition) is 2. The van der Waals surface area contributed by atoms with Gasteiger partial charge in [0, 0.05) is 5.69 Å². The zero-order valence-electron chi connectivity index (χ0n) is 8.89. The van der Waals surface area contributed by atoms with Crippen LogP contribution in [0.25, 0.3) is 0 Å². The summed E-state index contributed by atoms with van der Waals surface area (Å²) in [6, 6.07) is 4.38. The zero-order valence-corrected chi connectivity index (χ0v) is 8.89. The molecule has 2 heterocycles. The first kappa shape index (κ1) is 10.0. The van der Waals surface area contributed by atoms with Crippen LogP contribution >= 0.6 is 0 Å². The van der Waals surface area contributed by atoms with Gasteiger partial charge in [0.2, 0.25) is 0 Å². The van der Waals surface area contributed by atoms with Crippen LogP contribution < -0.4 is 10.6 Å². The fourth-order valence-corrected chi connectivity index (χ4v) is 2.90. The third-order valence-electron chi connectivity index (χ3n) is 3.79. The minimum atomic E-state index is -2.82. The summed E-state index contributed by atoms with van der Waals surface area (Å²) < 4.78 is 28.3. The van der Waals surface area contributed by atoms with Crippen molar-refractivity contribution in [3.8, 4) is 0 Å². The second kappa shape index (κ2) is 3.17. The normalized spacial score (nSPS) is 25.1. The largest absolute Gasteiger partial charge is 0.333 e. The van der Waals surface area contributed by atoms with E-state index in [1.165, 1.54) is 0 Å². The molecule has 1 spiro atoms. The van der Waals surface area contributed by atoms with E-state index in [-0.39, 0.29) is 0 Å². The first-order valence-electron chi connectivity index (χ1n) is 5.62. The number of hydrogen-bond donors (Lipinski definition) is 2. The maximum absolute atomic E-state index is 14.1. The van der Waals surface area contributed by atoms with E-state index >= 15 is 0 Å². The van der Waals surface area contributed by atoms with Gasteiger partial charge in [-0.05, 0) is 37.6 Å². The molecule has 1 saturated heterocycles. The molecule has 1 aromatic rings.